The summed E-state index contributed by atoms with van der Waals surface area (Å²) in [6.07, 6.45) is 0. The highest BCUT2D eigenvalue weighted by atomic mass is 32.1. The molecule has 0 atom stereocenters. The molecule has 10 aromatic rings. The second kappa shape index (κ2) is 11.7. The zero-order chi connectivity index (χ0) is 33.0. The van der Waals surface area contributed by atoms with Crippen LogP contribution in [0, 0.1) is 0 Å². The van der Waals surface area contributed by atoms with E-state index in [0.717, 1.165) is 11.4 Å². The van der Waals surface area contributed by atoms with Gasteiger partial charge in [-0.05, 0) is 84.9 Å². The Morgan fingerprint density at radius 2 is 0.860 bits per heavy atom. The summed E-state index contributed by atoms with van der Waals surface area (Å²) in [4.78, 5) is 2.47. The van der Waals surface area contributed by atoms with Gasteiger partial charge >= 0.3 is 0 Å². The molecule has 0 fully saturated rings. The molecule has 1 nitrogen and oxygen atoms in total. The van der Waals surface area contributed by atoms with Crippen molar-refractivity contribution < 1.29 is 0 Å². The van der Waals surface area contributed by atoms with Crippen molar-refractivity contribution in [3.63, 3.8) is 0 Å². The van der Waals surface area contributed by atoms with Gasteiger partial charge in [-0.1, -0.05) is 158 Å². The molecule has 1 aromatic heterocycles. The first-order valence-corrected chi connectivity index (χ1v) is 17.9. The third kappa shape index (κ3) is 4.69. The van der Waals surface area contributed by atoms with Crippen molar-refractivity contribution in [1.82, 2.24) is 0 Å². The molecule has 50 heavy (non-hydrogen) atoms. The maximum Gasteiger partial charge on any atom is 0.0640 e. The molecule has 0 saturated heterocycles. The molecule has 0 spiro atoms. The third-order valence-corrected chi connectivity index (χ3v) is 11.3. The molecule has 10 rings (SSSR count). The van der Waals surface area contributed by atoms with Crippen LogP contribution < -0.4 is 4.90 Å². The monoisotopic (exact) mass is 653 g/mol. The number of hydrogen-bond donors (Lipinski definition) is 0. The fourth-order valence-electron chi connectivity index (χ4n) is 7.64. The van der Waals surface area contributed by atoms with Crippen molar-refractivity contribution >= 4 is 80.9 Å². The SMILES string of the molecule is c1ccc(-c2ccc(N(c3ccc4ccc5ccccc5c4c3)c3cccc4c3sc3c5ccccc5ccc43)cc2-c2ccccc2)cc1. The van der Waals surface area contributed by atoms with Gasteiger partial charge in [0.25, 0.3) is 0 Å². The molecule has 0 aliphatic heterocycles. The Bertz CT molecular complexity index is 2870. The molecule has 9 aromatic carbocycles. The Morgan fingerprint density at radius 3 is 1.64 bits per heavy atom. The molecule has 0 aliphatic carbocycles. The summed E-state index contributed by atoms with van der Waals surface area (Å²) in [7, 11) is 0. The van der Waals surface area contributed by atoms with Crippen LogP contribution in [-0.4, -0.2) is 0 Å². The standard InChI is InChI=1S/C48H31NS/c1-3-12-32(13-4-1)40-29-27-38(31-44(40)33-14-5-2-6-15-33)49(37-26-24-36-23-22-34-16-7-9-18-39(34)45(36)30-37)46-21-11-20-42-43-28-25-35-17-8-10-19-41(35)47(43)50-48(42)46/h1-31H. The van der Waals surface area contributed by atoms with Crippen LogP contribution in [-0.2, 0) is 0 Å². The highest BCUT2D eigenvalue weighted by molar-refractivity contribution is 7.27. The van der Waals surface area contributed by atoms with Gasteiger partial charge in [-0.2, -0.15) is 0 Å². The number of nitrogens with zero attached hydrogens (tertiary/aromatic N) is 1. The largest absolute Gasteiger partial charge is 0.309 e. The number of thiophene rings is 1. The average Bonchev–Trinajstić information content (AvgIpc) is 3.59. The lowest BCUT2D eigenvalue weighted by Gasteiger charge is -2.28. The van der Waals surface area contributed by atoms with Crippen LogP contribution in [0.1, 0.15) is 0 Å². The van der Waals surface area contributed by atoms with Gasteiger partial charge in [0.15, 0.2) is 0 Å². The van der Waals surface area contributed by atoms with E-state index in [0.29, 0.717) is 0 Å². The summed E-state index contributed by atoms with van der Waals surface area (Å²) in [6.45, 7) is 0. The molecule has 234 valence electrons. The minimum Gasteiger partial charge on any atom is -0.309 e. The Kier molecular flexibility index (Phi) is 6.75. The van der Waals surface area contributed by atoms with E-state index in [1.807, 2.05) is 11.3 Å². The lowest BCUT2D eigenvalue weighted by molar-refractivity contribution is 1.31. The van der Waals surface area contributed by atoms with Crippen LogP contribution in [0.4, 0.5) is 17.1 Å². The molecule has 0 bridgehead atoms. The zero-order valence-electron chi connectivity index (χ0n) is 27.3. The second-order valence-corrected chi connectivity index (χ2v) is 13.9. The summed E-state index contributed by atoms with van der Waals surface area (Å²) in [5.74, 6) is 0. The average molecular weight is 654 g/mol. The molecular formula is C48H31NS. The molecule has 0 saturated carbocycles. The lowest BCUT2D eigenvalue weighted by atomic mass is 9.93. The topological polar surface area (TPSA) is 3.24 Å². The van der Waals surface area contributed by atoms with Crippen molar-refractivity contribution in [2.75, 3.05) is 4.90 Å². The highest BCUT2D eigenvalue weighted by Crippen LogP contribution is 2.48. The predicted octanol–water partition coefficient (Wildman–Crippen LogP) is 14.3. The van der Waals surface area contributed by atoms with Crippen LogP contribution in [0.15, 0.2) is 188 Å². The van der Waals surface area contributed by atoms with Gasteiger partial charge in [0.1, 0.15) is 0 Å². The molecule has 0 unspecified atom stereocenters. The summed E-state index contributed by atoms with van der Waals surface area (Å²) < 4.78 is 2.62. The predicted molar refractivity (Wildman–Crippen MR) is 217 cm³/mol. The van der Waals surface area contributed by atoms with E-state index >= 15 is 0 Å². The van der Waals surface area contributed by atoms with E-state index in [-0.39, 0.29) is 0 Å². The van der Waals surface area contributed by atoms with E-state index in [4.69, 9.17) is 0 Å². The highest BCUT2D eigenvalue weighted by Gasteiger charge is 2.21. The maximum absolute atomic E-state index is 2.47. The first kappa shape index (κ1) is 28.8. The maximum atomic E-state index is 2.47. The molecule has 2 heteroatoms. The Balaban J connectivity index is 1.28. The smallest absolute Gasteiger partial charge is 0.0640 e. The first-order chi connectivity index (χ1) is 24.8. The van der Waals surface area contributed by atoms with E-state index < -0.39 is 0 Å². The van der Waals surface area contributed by atoms with Crippen molar-refractivity contribution in [1.29, 1.82) is 0 Å². The summed E-state index contributed by atoms with van der Waals surface area (Å²) >= 11 is 1.90. The van der Waals surface area contributed by atoms with Crippen molar-refractivity contribution in [2.45, 2.75) is 0 Å². The number of benzene rings is 9. The van der Waals surface area contributed by atoms with Crippen LogP contribution in [0.2, 0.25) is 0 Å². The second-order valence-electron chi connectivity index (χ2n) is 12.9. The summed E-state index contributed by atoms with van der Waals surface area (Å²) in [6, 6.07) is 68.7. The summed E-state index contributed by atoms with van der Waals surface area (Å²) in [5.41, 5.74) is 8.27. The van der Waals surface area contributed by atoms with Gasteiger partial charge in [0.2, 0.25) is 0 Å². The minimum atomic E-state index is 1.12. The Morgan fingerprint density at radius 1 is 0.320 bits per heavy atom. The molecule has 1 heterocycles. The Hall–Kier alpha value is -6.22. The van der Waals surface area contributed by atoms with Crippen molar-refractivity contribution in [2.24, 2.45) is 0 Å². The van der Waals surface area contributed by atoms with Crippen LogP contribution >= 0.6 is 11.3 Å². The van der Waals surface area contributed by atoms with Crippen molar-refractivity contribution in [3.8, 4) is 22.3 Å². The van der Waals surface area contributed by atoms with Gasteiger partial charge in [0.05, 0.1) is 10.4 Å². The van der Waals surface area contributed by atoms with Crippen LogP contribution in [0.25, 0.3) is 74.7 Å². The number of fused-ring (bicyclic) bond motifs is 8. The van der Waals surface area contributed by atoms with E-state index in [1.54, 1.807) is 0 Å². The number of rotatable bonds is 5. The molecule has 0 amide bonds. The quantitative estimate of drug-likeness (QED) is 0.167. The molecule has 0 aliphatic rings. The number of anilines is 3. The zero-order valence-corrected chi connectivity index (χ0v) is 28.1. The fourth-order valence-corrected chi connectivity index (χ4v) is 8.98. The molecule has 0 radical (unpaired) electrons. The van der Waals surface area contributed by atoms with Gasteiger partial charge in [0, 0.05) is 26.8 Å². The van der Waals surface area contributed by atoms with Crippen LogP contribution in [0.5, 0.6) is 0 Å². The molecular weight excluding hydrogens is 623 g/mol. The van der Waals surface area contributed by atoms with E-state index in [1.165, 1.54) is 80.4 Å². The first-order valence-electron chi connectivity index (χ1n) is 17.1. The summed E-state index contributed by atoms with van der Waals surface area (Å²) in [5, 5.41) is 10.2. The van der Waals surface area contributed by atoms with Crippen LogP contribution in [0.3, 0.4) is 0 Å². The number of hydrogen-bond acceptors (Lipinski definition) is 2. The van der Waals surface area contributed by atoms with Gasteiger partial charge in [-0.3, -0.25) is 0 Å². The minimum absolute atomic E-state index is 1.12. The van der Waals surface area contributed by atoms with Gasteiger partial charge in [-0.25, -0.2) is 0 Å². The third-order valence-electron chi connectivity index (χ3n) is 10.0. The lowest BCUT2D eigenvalue weighted by Crippen LogP contribution is -2.10. The van der Waals surface area contributed by atoms with Crippen molar-refractivity contribution in [3.05, 3.63) is 188 Å². The van der Waals surface area contributed by atoms with E-state index in [2.05, 4.69) is 193 Å². The van der Waals surface area contributed by atoms with Gasteiger partial charge < -0.3 is 4.90 Å². The van der Waals surface area contributed by atoms with E-state index in [9.17, 15) is 0 Å². The fraction of sp³-hybridized carbons (Fsp3) is 0. The Labute approximate surface area is 294 Å². The molecule has 0 N–H and O–H groups in total. The van der Waals surface area contributed by atoms with Gasteiger partial charge in [-0.15, -0.1) is 11.3 Å². The normalized spacial score (nSPS) is 11.6.